The van der Waals surface area contributed by atoms with E-state index in [2.05, 4.69) is 20.8 Å². The van der Waals surface area contributed by atoms with Gasteiger partial charge in [0.05, 0.1) is 11.0 Å². The Kier molecular flexibility index (Phi) is 6.51. The van der Waals surface area contributed by atoms with Crippen molar-refractivity contribution in [2.75, 3.05) is 5.75 Å². The summed E-state index contributed by atoms with van der Waals surface area (Å²) >= 11 is 0. The average Bonchev–Trinajstić information content (AvgIpc) is 2.11. The van der Waals surface area contributed by atoms with Gasteiger partial charge >= 0.3 is 0 Å². The Morgan fingerprint density at radius 2 is 1.72 bits per heavy atom. The maximum Gasteiger partial charge on any atom is 0.153 e. The zero-order valence-electron chi connectivity index (χ0n) is 12.2. The van der Waals surface area contributed by atoms with E-state index in [-0.39, 0.29) is 35.8 Å². The molecule has 0 aliphatic rings. The lowest BCUT2D eigenvalue weighted by Crippen LogP contribution is -2.30. The Morgan fingerprint density at radius 1 is 1.22 bits per heavy atom. The maximum absolute atomic E-state index is 11.7. The van der Waals surface area contributed by atoms with Gasteiger partial charge in [-0.25, -0.2) is 8.42 Å². The van der Waals surface area contributed by atoms with Crippen LogP contribution in [0, 0.1) is 5.41 Å². The second-order valence-electron chi connectivity index (χ2n) is 6.43. The second kappa shape index (κ2) is 6.66. The van der Waals surface area contributed by atoms with E-state index in [4.69, 9.17) is 5.73 Å². The van der Waals surface area contributed by atoms with Gasteiger partial charge in [0.2, 0.25) is 0 Å². The third kappa shape index (κ3) is 7.82. The first-order chi connectivity index (χ1) is 7.94. The fraction of sp³-hybridized carbons (Fsp3) is 0.923. The molecule has 0 spiro atoms. The summed E-state index contributed by atoms with van der Waals surface area (Å²) in [6.45, 7) is 9.47. The highest BCUT2D eigenvalue weighted by molar-refractivity contribution is 7.91. The Balaban J connectivity index is 4.14. The van der Waals surface area contributed by atoms with Crippen LogP contribution in [0.1, 0.15) is 53.9 Å². The van der Waals surface area contributed by atoms with Crippen LogP contribution in [0.4, 0.5) is 0 Å². The number of hydrogen-bond donors (Lipinski definition) is 1. The second-order valence-corrected chi connectivity index (χ2v) is 9.11. The third-order valence-electron chi connectivity index (χ3n) is 2.75. The van der Waals surface area contributed by atoms with Gasteiger partial charge in [0.1, 0.15) is 5.78 Å². The highest BCUT2D eigenvalue weighted by atomic mass is 32.2. The highest BCUT2D eigenvalue weighted by Gasteiger charge is 2.21. The monoisotopic (exact) mass is 277 g/mol. The molecule has 0 bridgehead atoms. The minimum Gasteiger partial charge on any atom is -0.327 e. The standard InChI is InChI=1S/C13H27NO3S/c1-10(2)18(16,17)7-6-12(15)8-11(14)9-13(3,4)5/h10-11H,6-9,14H2,1-5H3. The van der Waals surface area contributed by atoms with Crippen molar-refractivity contribution < 1.29 is 13.2 Å². The largest absolute Gasteiger partial charge is 0.327 e. The van der Waals surface area contributed by atoms with E-state index in [9.17, 15) is 13.2 Å². The minimum absolute atomic E-state index is 0.0593. The number of ketones is 1. The predicted molar refractivity (Wildman–Crippen MR) is 75.2 cm³/mol. The van der Waals surface area contributed by atoms with Gasteiger partial charge in [0, 0.05) is 18.9 Å². The fourth-order valence-corrected chi connectivity index (χ4v) is 2.73. The average molecular weight is 277 g/mol. The van der Waals surface area contributed by atoms with Crippen LogP contribution in [0.3, 0.4) is 0 Å². The van der Waals surface area contributed by atoms with Gasteiger partial charge < -0.3 is 5.73 Å². The quantitative estimate of drug-likeness (QED) is 0.771. The number of carbonyl (C=O) groups excluding carboxylic acids is 1. The molecule has 0 aromatic carbocycles. The highest BCUT2D eigenvalue weighted by Crippen LogP contribution is 2.21. The van der Waals surface area contributed by atoms with Crippen LogP contribution in [-0.4, -0.2) is 31.2 Å². The number of hydrogen-bond acceptors (Lipinski definition) is 4. The molecule has 1 unspecified atom stereocenters. The lowest BCUT2D eigenvalue weighted by atomic mass is 9.86. The molecule has 0 radical (unpaired) electrons. The molecular formula is C13H27NO3S. The lowest BCUT2D eigenvalue weighted by molar-refractivity contribution is -0.119. The zero-order chi connectivity index (χ0) is 14.6. The van der Waals surface area contributed by atoms with Crippen LogP contribution in [0.25, 0.3) is 0 Å². The van der Waals surface area contributed by atoms with E-state index in [0.717, 1.165) is 6.42 Å². The van der Waals surface area contributed by atoms with E-state index in [1.807, 2.05) is 0 Å². The van der Waals surface area contributed by atoms with Crippen LogP contribution in [0.2, 0.25) is 0 Å². The van der Waals surface area contributed by atoms with E-state index >= 15 is 0 Å². The van der Waals surface area contributed by atoms with Crippen molar-refractivity contribution in [1.29, 1.82) is 0 Å². The summed E-state index contributed by atoms with van der Waals surface area (Å²) in [5.74, 6) is -0.123. The predicted octanol–water partition coefficient (Wildman–Crippen LogP) is 1.92. The molecule has 0 aromatic heterocycles. The van der Waals surface area contributed by atoms with Crippen molar-refractivity contribution in [3.05, 3.63) is 0 Å². The van der Waals surface area contributed by atoms with E-state index in [0.29, 0.717) is 0 Å². The summed E-state index contributed by atoms with van der Waals surface area (Å²) < 4.78 is 23.1. The molecule has 5 heteroatoms. The minimum atomic E-state index is -3.13. The van der Waals surface area contributed by atoms with Crippen molar-refractivity contribution in [3.8, 4) is 0 Å². The molecule has 0 heterocycles. The number of Topliss-reactive ketones (excluding diaryl/α,β-unsaturated/α-hetero) is 1. The maximum atomic E-state index is 11.7. The van der Waals surface area contributed by atoms with Crippen LogP contribution < -0.4 is 5.73 Å². The van der Waals surface area contributed by atoms with Gasteiger partial charge in [-0.15, -0.1) is 0 Å². The Morgan fingerprint density at radius 3 is 2.11 bits per heavy atom. The van der Waals surface area contributed by atoms with Crippen LogP contribution in [0.15, 0.2) is 0 Å². The van der Waals surface area contributed by atoms with Gasteiger partial charge in [-0.05, 0) is 25.7 Å². The van der Waals surface area contributed by atoms with Crippen LogP contribution in [-0.2, 0) is 14.6 Å². The Labute approximate surface area is 111 Å². The molecule has 0 saturated heterocycles. The summed E-state index contributed by atoms with van der Waals surface area (Å²) in [6.07, 6.45) is 1.11. The summed E-state index contributed by atoms with van der Waals surface area (Å²) in [5.41, 5.74) is 5.98. The zero-order valence-corrected chi connectivity index (χ0v) is 13.0. The molecule has 108 valence electrons. The van der Waals surface area contributed by atoms with Gasteiger partial charge in [-0.2, -0.15) is 0 Å². The van der Waals surface area contributed by atoms with E-state index in [1.54, 1.807) is 13.8 Å². The first kappa shape index (κ1) is 17.6. The normalized spacial score (nSPS) is 14.8. The molecular weight excluding hydrogens is 250 g/mol. The number of carbonyl (C=O) groups is 1. The van der Waals surface area contributed by atoms with Gasteiger partial charge in [0.15, 0.2) is 9.84 Å². The van der Waals surface area contributed by atoms with Crippen molar-refractivity contribution in [3.63, 3.8) is 0 Å². The fourth-order valence-electron chi connectivity index (χ4n) is 1.75. The SMILES string of the molecule is CC(C)S(=O)(=O)CCC(=O)CC(N)CC(C)(C)C. The molecule has 0 amide bonds. The molecule has 4 nitrogen and oxygen atoms in total. The van der Waals surface area contributed by atoms with Gasteiger partial charge in [0.25, 0.3) is 0 Å². The first-order valence-corrected chi connectivity index (χ1v) is 8.14. The molecule has 0 saturated carbocycles. The van der Waals surface area contributed by atoms with Gasteiger partial charge in [-0.1, -0.05) is 20.8 Å². The molecule has 18 heavy (non-hydrogen) atoms. The van der Waals surface area contributed by atoms with Crippen LogP contribution >= 0.6 is 0 Å². The topological polar surface area (TPSA) is 77.2 Å². The van der Waals surface area contributed by atoms with Gasteiger partial charge in [-0.3, -0.25) is 4.79 Å². The third-order valence-corrected chi connectivity index (χ3v) is 4.96. The first-order valence-electron chi connectivity index (χ1n) is 6.43. The molecule has 0 rings (SSSR count). The van der Waals surface area contributed by atoms with Crippen molar-refractivity contribution >= 4 is 15.6 Å². The number of rotatable bonds is 7. The summed E-state index contributed by atoms with van der Waals surface area (Å²) in [7, 11) is -3.13. The van der Waals surface area contributed by atoms with Crippen LogP contribution in [0.5, 0.6) is 0 Å². The van der Waals surface area contributed by atoms with E-state index < -0.39 is 15.1 Å². The molecule has 0 fully saturated rings. The smallest absolute Gasteiger partial charge is 0.153 e. The Hall–Kier alpha value is -0.420. The molecule has 0 aliphatic carbocycles. The number of nitrogens with two attached hydrogens (primary N) is 1. The summed E-state index contributed by atoms with van der Waals surface area (Å²) in [6, 6.07) is -0.181. The van der Waals surface area contributed by atoms with Crippen molar-refractivity contribution in [1.82, 2.24) is 0 Å². The van der Waals surface area contributed by atoms with Crippen molar-refractivity contribution in [2.24, 2.45) is 11.1 Å². The van der Waals surface area contributed by atoms with E-state index in [1.165, 1.54) is 0 Å². The lowest BCUT2D eigenvalue weighted by Gasteiger charge is -2.22. The Bertz CT molecular complexity index is 366. The summed E-state index contributed by atoms with van der Waals surface area (Å²) in [5, 5.41) is -0.423. The molecule has 2 N–H and O–H groups in total. The molecule has 1 atom stereocenters. The molecule has 0 aromatic rings. The van der Waals surface area contributed by atoms with Crippen molar-refractivity contribution in [2.45, 2.75) is 65.2 Å². The number of sulfone groups is 1. The summed E-state index contributed by atoms with van der Waals surface area (Å²) in [4.78, 5) is 11.7. The molecule has 0 aliphatic heterocycles.